The minimum absolute atomic E-state index is 0.00934. The zero-order valence-electron chi connectivity index (χ0n) is 33.7. The number of unbranched alkanes of at least 4 members (excludes halogenated alkanes) is 10. The van der Waals surface area contributed by atoms with Crippen LogP contribution in [0.5, 0.6) is 0 Å². The van der Waals surface area contributed by atoms with Gasteiger partial charge in [0.25, 0.3) is 7.82 Å². The van der Waals surface area contributed by atoms with Crippen LogP contribution in [0.15, 0.2) is 72.9 Å². The lowest BCUT2D eigenvalue weighted by Crippen LogP contribution is -2.37. The summed E-state index contributed by atoms with van der Waals surface area (Å²) in [4.78, 5) is 25.0. The fraction of sp³-hybridized carbons (Fsp3) is 0.698. The van der Waals surface area contributed by atoms with Crippen LogP contribution in [0.1, 0.15) is 136 Å². The molecule has 0 saturated heterocycles. The van der Waals surface area contributed by atoms with E-state index < -0.39 is 13.9 Å². The summed E-state index contributed by atoms with van der Waals surface area (Å²) < 4.78 is 34.4. The molecule has 0 aromatic carbocycles. The van der Waals surface area contributed by atoms with Gasteiger partial charge < -0.3 is 27.9 Å². The average Bonchev–Trinajstić information content (AvgIpc) is 3.09. The second-order valence-corrected chi connectivity index (χ2v) is 15.7. The molecule has 300 valence electrons. The molecule has 0 aliphatic heterocycles. The largest absolute Gasteiger partial charge is 0.756 e. The van der Waals surface area contributed by atoms with Crippen molar-refractivity contribution in [2.24, 2.45) is 0 Å². The van der Waals surface area contributed by atoms with Crippen LogP contribution in [0.4, 0.5) is 0 Å². The lowest BCUT2D eigenvalue weighted by molar-refractivity contribution is -0.870. The Morgan fingerprint density at radius 3 is 1.67 bits per heavy atom. The highest BCUT2D eigenvalue weighted by Gasteiger charge is 2.20. The second-order valence-electron chi connectivity index (χ2n) is 14.3. The van der Waals surface area contributed by atoms with E-state index in [-0.39, 0.29) is 32.2 Å². The number of likely N-dealkylation sites (N-methyl/N-ethyl adjacent to an activating group) is 1. The normalized spacial score (nSPS) is 14.7. The first-order chi connectivity index (χ1) is 25.1. The summed E-state index contributed by atoms with van der Waals surface area (Å²) in [7, 11) is 1.30. The van der Waals surface area contributed by atoms with E-state index >= 15 is 0 Å². The molecule has 0 radical (unpaired) electrons. The highest BCUT2D eigenvalue weighted by Crippen LogP contribution is 2.38. The van der Waals surface area contributed by atoms with Crippen molar-refractivity contribution in [1.29, 1.82) is 0 Å². The highest BCUT2D eigenvalue weighted by atomic mass is 31.2. The molecule has 0 aromatic rings. The molecule has 0 saturated carbocycles. The molecule has 52 heavy (non-hydrogen) atoms. The van der Waals surface area contributed by atoms with Crippen molar-refractivity contribution in [2.45, 2.75) is 142 Å². The van der Waals surface area contributed by atoms with Gasteiger partial charge in [0, 0.05) is 13.0 Å². The van der Waals surface area contributed by atoms with Crippen LogP contribution in [-0.4, -0.2) is 70.7 Å². The zero-order chi connectivity index (χ0) is 38.4. The van der Waals surface area contributed by atoms with Crippen LogP contribution >= 0.6 is 7.82 Å². The van der Waals surface area contributed by atoms with Crippen LogP contribution in [-0.2, 0) is 27.9 Å². The van der Waals surface area contributed by atoms with Gasteiger partial charge in [0.1, 0.15) is 19.3 Å². The van der Waals surface area contributed by atoms with Crippen molar-refractivity contribution in [3.63, 3.8) is 0 Å². The van der Waals surface area contributed by atoms with E-state index in [1.807, 2.05) is 21.1 Å². The number of quaternary nitrogens is 1. The third kappa shape index (κ3) is 39.2. The molecule has 0 aromatic heterocycles. The number of phosphoric ester groups is 1. The van der Waals surface area contributed by atoms with E-state index in [2.05, 4.69) is 86.8 Å². The predicted octanol–water partition coefficient (Wildman–Crippen LogP) is 10.9. The van der Waals surface area contributed by atoms with Crippen molar-refractivity contribution in [1.82, 2.24) is 0 Å². The maximum Gasteiger partial charge on any atom is 0.306 e. The van der Waals surface area contributed by atoms with Gasteiger partial charge in [0.05, 0.1) is 34.4 Å². The topological polar surface area (TPSA) is 94.1 Å². The van der Waals surface area contributed by atoms with E-state index in [4.69, 9.17) is 18.5 Å². The Morgan fingerprint density at radius 2 is 1.12 bits per heavy atom. The minimum Gasteiger partial charge on any atom is -0.756 e. The maximum atomic E-state index is 12.6. The van der Waals surface area contributed by atoms with Crippen LogP contribution < -0.4 is 4.89 Å². The monoisotopic (exact) mass is 750 g/mol. The molecule has 0 aliphatic carbocycles. The molecule has 0 aliphatic rings. The van der Waals surface area contributed by atoms with Gasteiger partial charge >= 0.3 is 5.97 Å². The van der Waals surface area contributed by atoms with Gasteiger partial charge in [-0.1, -0.05) is 125 Å². The Kier molecular flexibility index (Phi) is 34.5. The molecule has 8 nitrogen and oxygen atoms in total. The number of allylic oxidation sites excluding steroid dienone is 12. The number of ether oxygens (including phenoxy) is 2. The number of esters is 1. The van der Waals surface area contributed by atoms with E-state index in [1.165, 1.54) is 32.1 Å². The van der Waals surface area contributed by atoms with Gasteiger partial charge in [-0.3, -0.25) is 9.36 Å². The van der Waals surface area contributed by atoms with Crippen molar-refractivity contribution in [3.05, 3.63) is 72.9 Å². The number of hydrogen-bond acceptors (Lipinski definition) is 7. The Hall–Kier alpha value is -2.06. The summed E-state index contributed by atoms with van der Waals surface area (Å²) in [6.45, 7) is 5.08. The molecule has 2 atom stereocenters. The SMILES string of the molecule is CC/C=C\C/C=C\C/C=C\C/C=C\CCCOCC(COP(=O)([O-])OCC[N+](C)(C)C)OC(=O)CCCCCCC/C=C\C/C=C\CCCCCC. The molecule has 0 amide bonds. The molecular weight excluding hydrogens is 673 g/mol. The lowest BCUT2D eigenvalue weighted by Gasteiger charge is -2.28. The number of carbonyl (C=O) groups excluding carboxylic acids is 1. The first-order valence-electron chi connectivity index (χ1n) is 20.2. The number of hydrogen-bond donors (Lipinski definition) is 0. The summed E-state index contributed by atoms with van der Waals surface area (Å²) in [6, 6.07) is 0. The molecule has 0 spiro atoms. The van der Waals surface area contributed by atoms with E-state index in [0.717, 1.165) is 83.5 Å². The molecule has 2 unspecified atom stereocenters. The first-order valence-corrected chi connectivity index (χ1v) is 21.6. The molecular formula is C43H76NO7P. The second kappa shape index (κ2) is 35.9. The van der Waals surface area contributed by atoms with Crippen LogP contribution in [0.3, 0.4) is 0 Å². The zero-order valence-corrected chi connectivity index (χ0v) is 34.6. The van der Waals surface area contributed by atoms with Crippen molar-refractivity contribution < 1.29 is 37.3 Å². The van der Waals surface area contributed by atoms with Crippen molar-refractivity contribution >= 4 is 13.8 Å². The Morgan fingerprint density at radius 1 is 0.615 bits per heavy atom. The smallest absolute Gasteiger partial charge is 0.306 e. The van der Waals surface area contributed by atoms with Crippen molar-refractivity contribution in [2.75, 3.05) is 54.1 Å². The summed E-state index contributed by atoms with van der Waals surface area (Å²) in [5.74, 6) is -0.370. The van der Waals surface area contributed by atoms with Gasteiger partial charge in [-0.15, -0.1) is 0 Å². The number of nitrogens with zero attached hydrogens (tertiary/aromatic N) is 1. The van der Waals surface area contributed by atoms with Gasteiger partial charge in [-0.2, -0.15) is 0 Å². The fourth-order valence-electron chi connectivity index (χ4n) is 4.87. The molecule has 0 heterocycles. The third-order valence-electron chi connectivity index (χ3n) is 7.99. The van der Waals surface area contributed by atoms with Crippen LogP contribution in [0.2, 0.25) is 0 Å². The van der Waals surface area contributed by atoms with E-state index in [9.17, 15) is 14.3 Å². The minimum atomic E-state index is -4.54. The number of rotatable bonds is 36. The van der Waals surface area contributed by atoms with Gasteiger partial charge in [0.2, 0.25) is 0 Å². The number of carbonyl (C=O) groups is 1. The average molecular weight is 750 g/mol. The molecule has 0 bridgehead atoms. The predicted molar refractivity (Wildman–Crippen MR) is 217 cm³/mol. The molecule has 0 fully saturated rings. The fourth-order valence-corrected chi connectivity index (χ4v) is 5.60. The lowest BCUT2D eigenvalue weighted by atomic mass is 10.1. The number of phosphoric acid groups is 1. The molecule has 0 rings (SSSR count). The summed E-state index contributed by atoms with van der Waals surface area (Å²) in [6.07, 6.45) is 45.0. The quantitative estimate of drug-likeness (QED) is 0.0207. The maximum absolute atomic E-state index is 12.6. The van der Waals surface area contributed by atoms with E-state index in [1.54, 1.807) is 0 Å². The summed E-state index contributed by atoms with van der Waals surface area (Å²) in [5.41, 5.74) is 0. The van der Waals surface area contributed by atoms with Gasteiger partial charge in [-0.05, 0) is 77.0 Å². The van der Waals surface area contributed by atoms with E-state index in [0.29, 0.717) is 17.6 Å². The summed E-state index contributed by atoms with van der Waals surface area (Å²) >= 11 is 0. The summed E-state index contributed by atoms with van der Waals surface area (Å²) in [5, 5.41) is 0. The highest BCUT2D eigenvalue weighted by molar-refractivity contribution is 7.45. The van der Waals surface area contributed by atoms with Crippen molar-refractivity contribution in [3.8, 4) is 0 Å². The Balaban J connectivity index is 4.41. The van der Waals surface area contributed by atoms with Gasteiger partial charge in [-0.25, -0.2) is 0 Å². The molecule has 0 N–H and O–H groups in total. The van der Waals surface area contributed by atoms with Gasteiger partial charge in [0.15, 0.2) is 0 Å². The first kappa shape index (κ1) is 49.9. The Bertz CT molecular complexity index is 1060. The molecule has 9 heteroatoms. The van der Waals surface area contributed by atoms with Crippen LogP contribution in [0, 0.1) is 0 Å². The Labute approximate surface area is 319 Å². The third-order valence-corrected chi connectivity index (χ3v) is 8.96. The standard InChI is InChI=1S/C43H76NO7P/c1-6-8-10-12-14-16-18-20-22-23-24-26-28-30-32-34-36-43(45)51-42(41-50-52(46,47)49-39-37-44(3,4)5)40-48-38-35-33-31-29-27-25-21-19-17-15-13-11-9-7-2/h9,11,15-18,21-23,25,29,31,42H,6-8,10,12-14,19-20,24,26-28,30,32-41H2,1-5H3/b11-9-,17-15-,18-16-,23-22-,25-21-,31-29-. The van der Waals surface area contributed by atoms with Crippen LogP contribution in [0.25, 0.3) is 0 Å².